The number of nitro groups is 1. The zero-order chi connectivity index (χ0) is 15.5. The molecular formula is C12H18N2O5S. The monoisotopic (exact) mass is 302 g/mol. The van der Waals surface area contributed by atoms with Gasteiger partial charge in [0.25, 0.3) is 5.69 Å². The SMILES string of the molecule is Cc1c([N+](=O)[O-])cccc1S(=O)(=O)NC(C)C(C)CO. The van der Waals surface area contributed by atoms with Crippen LogP contribution >= 0.6 is 0 Å². The number of rotatable bonds is 6. The number of sulfonamides is 1. The first-order valence-corrected chi connectivity index (χ1v) is 7.56. The van der Waals surface area contributed by atoms with Gasteiger partial charge < -0.3 is 5.11 Å². The second-order valence-corrected chi connectivity index (χ2v) is 6.41. The Labute approximate surface area is 117 Å². The van der Waals surface area contributed by atoms with Crippen LogP contribution in [0.1, 0.15) is 19.4 Å². The summed E-state index contributed by atoms with van der Waals surface area (Å²) in [5.41, 5.74) is -0.149. The molecule has 1 aromatic rings. The Morgan fingerprint density at radius 3 is 2.50 bits per heavy atom. The predicted octanol–water partition coefficient (Wildman–Crippen LogP) is 1.20. The van der Waals surface area contributed by atoms with E-state index in [4.69, 9.17) is 5.11 Å². The van der Waals surface area contributed by atoms with E-state index >= 15 is 0 Å². The Bertz CT molecular complexity index is 600. The fraction of sp³-hybridized carbons (Fsp3) is 0.500. The number of nitro benzene ring substituents is 1. The van der Waals surface area contributed by atoms with E-state index in [1.807, 2.05) is 0 Å². The van der Waals surface area contributed by atoms with Crippen molar-refractivity contribution in [2.45, 2.75) is 31.7 Å². The summed E-state index contributed by atoms with van der Waals surface area (Å²) < 4.78 is 26.9. The maximum Gasteiger partial charge on any atom is 0.273 e. The molecule has 0 spiro atoms. The van der Waals surface area contributed by atoms with E-state index < -0.39 is 21.0 Å². The Morgan fingerprint density at radius 2 is 2.00 bits per heavy atom. The summed E-state index contributed by atoms with van der Waals surface area (Å²) in [6.45, 7) is 4.57. The summed E-state index contributed by atoms with van der Waals surface area (Å²) in [5, 5.41) is 19.9. The van der Waals surface area contributed by atoms with Crippen molar-refractivity contribution in [3.63, 3.8) is 0 Å². The molecule has 7 nitrogen and oxygen atoms in total. The highest BCUT2D eigenvalue weighted by atomic mass is 32.2. The zero-order valence-electron chi connectivity index (χ0n) is 11.5. The van der Waals surface area contributed by atoms with E-state index in [0.717, 1.165) is 0 Å². The molecule has 0 bridgehead atoms. The van der Waals surface area contributed by atoms with Gasteiger partial charge in [0.15, 0.2) is 0 Å². The minimum absolute atomic E-state index is 0.0915. The van der Waals surface area contributed by atoms with Crippen molar-refractivity contribution in [2.24, 2.45) is 5.92 Å². The van der Waals surface area contributed by atoms with Crippen molar-refractivity contribution in [2.75, 3.05) is 6.61 Å². The second kappa shape index (κ2) is 6.29. The van der Waals surface area contributed by atoms with Crippen molar-refractivity contribution < 1.29 is 18.4 Å². The number of nitrogens with one attached hydrogen (secondary N) is 1. The molecule has 0 aliphatic rings. The van der Waals surface area contributed by atoms with Crippen LogP contribution in [0.15, 0.2) is 23.1 Å². The van der Waals surface area contributed by atoms with Gasteiger partial charge in [-0.15, -0.1) is 0 Å². The minimum atomic E-state index is -3.87. The van der Waals surface area contributed by atoms with Crippen molar-refractivity contribution in [3.05, 3.63) is 33.9 Å². The molecule has 0 fully saturated rings. The normalized spacial score (nSPS) is 14.8. The van der Waals surface area contributed by atoms with Crippen LogP contribution in [0.2, 0.25) is 0 Å². The molecular weight excluding hydrogens is 284 g/mol. The molecule has 0 saturated carbocycles. The van der Waals surface area contributed by atoms with Gasteiger partial charge in [0.1, 0.15) is 0 Å². The highest BCUT2D eigenvalue weighted by molar-refractivity contribution is 7.89. The average molecular weight is 302 g/mol. The lowest BCUT2D eigenvalue weighted by Crippen LogP contribution is -2.38. The third-order valence-electron chi connectivity index (χ3n) is 3.22. The molecule has 112 valence electrons. The fourth-order valence-electron chi connectivity index (χ4n) is 1.67. The van der Waals surface area contributed by atoms with Crippen LogP contribution in [0.25, 0.3) is 0 Å². The molecule has 1 rings (SSSR count). The highest BCUT2D eigenvalue weighted by Gasteiger charge is 2.25. The number of hydrogen-bond donors (Lipinski definition) is 2. The lowest BCUT2D eigenvalue weighted by atomic mass is 10.1. The molecule has 0 radical (unpaired) electrons. The van der Waals surface area contributed by atoms with E-state index in [2.05, 4.69) is 4.72 Å². The molecule has 0 aliphatic heterocycles. The molecule has 2 unspecified atom stereocenters. The number of hydrogen-bond acceptors (Lipinski definition) is 5. The van der Waals surface area contributed by atoms with Crippen molar-refractivity contribution in [1.29, 1.82) is 0 Å². The van der Waals surface area contributed by atoms with E-state index in [9.17, 15) is 18.5 Å². The Kier molecular flexibility index (Phi) is 5.21. The van der Waals surface area contributed by atoms with E-state index in [1.165, 1.54) is 25.1 Å². The zero-order valence-corrected chi connectivity index (χ0v) is 12.3. The third kappa shape index (κ3) is 3.53. The molecule has 2 N–H and O–H groups in total. The Morgan fingerprint density at radius 1 is 1.40 bits per heavy atom. The lowest BCUT2D eigenvalue weighted by molar-refractivity contribution is -0.385. The number of aliphatic hydroxyl groups is 1. The summed E-state index contributed by atoms with van der Waals surface area (Å²) in [7, 11) is -3.87. The molecule has 2 atom stereocenters. The van der Waals surface area contributed by atoms with Crippen LogP contribution in [0.5, 0.6) is 0 Å². The molecule has 0 heterocycles. The third-order valence-corrected chi connectivity index (χ3v) is 4.93. The summed E-state index contributed by atoms with van der Waals surface area (Å²) >= 11 is 0. The highest BCUT2D eigenvalue weighted by Crippen LogP contribution is 2.25. The quantitative estimate of drug-likeness (QED) is 0.606. The van der Waals surface area contributed by atoms with Gasteiger partial charge in [-0.1, -0.05) is 13.0 Å². The predicted molar refractivity (Wildman–Crippen MR) is 73.9 cm³/mol. The lowest BCUT2D eigenvalue weighted by Gasteiger charge is -2.19. The van der Waals surface area contributed by atoms with Crippen LogP contribution in [0, 0.1) is 23.0 Å². The standard InChI is InChI=1S/C12H18N2O5S/c1-8(7-15)10(3)13-20(18,19)12-6-4-5-11(9(12)2)14(16)17/h4-6,8,10,13,15H,7H2,1-3H3. The average Bonchev–Trinajstić information content (AvgIpc) is 2.36. The smallest absolute Gasteiger partial charge is 0.273 e. The molecule has 0 amide bonds. The van der Waals surface area contributed by atoms with Gasteiger partial charge in [-0.2, -0.15) is 0 Å². The maximum atomic E-state index is 12.2. The van der Waals surface area contributed by atoms with Gasteiger partial charge in [0.05, 0.1) is 9.82 Å². The number of nitrogens with zero attached hydrogens (tertiary/aromatic N) is 1. The summed E-state index contributed by atoms with van der Waals surface area (Å²) in [5.74, 6) is -0.260. The first-order chi connectivity index (χ1) is 9.20. The van der Waals surface area contributed by atoms with Gasteiger partial charge in [-0.25, -0.2) is 13.1 Å². The summed E-state index contributed by atoms with van der Waals surface area (Å²) in [4.78, 5) is 10.1. The van der Waals surface area contributed by atoms with Crippen LogP contribution < -0.4 is 4.72 Å². The van der Waals surface area contributed by atoms with Crippen molar-refractivity contribution in [3.8, 4) is 0 Å². The van der Waals surface area contributed by atoms with Crippen LogP contribution in [-0.2, 0) is 10.0 Å². The second-order valence-electron chi connectivity index (χ2n) is 4.73. The van der Waals surface area contributed by atoms with Crippen molar-refractivity contribution >= 4 is 15.7 Å². The van der Waals surface area contributed by atoms with Gasteiger partial charge >= 0.3 is 0 Å². The van der Waals surface area contributed by atoms with Crippen LogP contribution in [0.4, 0.5) is 5.69 Å². The Balaban J connectivity index is 3.17. The first-order valence-electron chi connectivity index (χ1n) is 6.08. The van der Waals surface area contributed by atoms with Gasteiger partial charge in [0.2, 0.25) is 10.0 Å². The molecule has 1 aromatic carbocycles. The molecule has 0 saturated heterocycles. The fourth-order valence-corrected chi connectivity index (χ4v) is 3.29. The van der Waals surface area contributed by atoms with Gasteiger partial charge in [-0.3, -0.25) is 10.1 Å². The van der Waals surface area contributed by atoms with Crippen LogP contribution in [0.3, 0.4) is 0 Å². The van der Waals surface area contributed by atoms with Crippen LogP contribution in [-0.4, -0.2) is 31.1 Å². The summed E-state index contributed by atoms with van der Waals surface area (Å²) in [6, 6.07) is 3.43. The maximum absolute atomic E-state index is 12.2. The molecule has 20 heavy (non-hydrogen) atoms. The largest absolute Gasteiger partial charge is 0.396 e. The van der Waals surface area contributed by atoms with E-state index in [1.54, 1.807) is 13.8 Å². The molecule has 8 heteroatoms. The van der Waals surface area contributed by atoms with E-state index in [-0.39, 0.29) is 28.7 Å². The number of benzene rings is 1. The number of aliphatic hydroxyl groups excluding tert-OH is 1. The Hall–Kier alpha value is -1.51. The summed E-state index contributed by atoms with van der Waals surface area (Å²) in [6.07, 6.45) is 0. The molecule has 0 aliphatic carbocycles. The van der Waals surface area contributed by atoms with Crippen molar-refractivity contribution in [1.82, 2.24) is 4.72 Å². The topological polar surface area (TPSA) is 110 Å². The first kappa shape index (κ1) is 16.5. The van der Waals surface area contributed by atoms with E-state index in [0.29, 0.717) is 0 Å². The van der Waals surface area contributed by atoms with Gasteiger partial charge in [-0.05, 0) is 25.8 Å². The minimum Gasteiger partial charge on any atom is -0.396 e. The molecule has 0 aromatic heterocycles. The van der Waals surface area contributed by atoms with Gasteiger partial charge in [0, 0.05) is 24.3 Å².